The molecule has 1 atom stereocenters. The van der Waals surface area contributed by atoms with E-state index in [9.17, 15) is 8.42 Å². The minimum Gasteiger partial charge on any atom is -0.205 e. The smallest absolute Gasteiger partial charge is 0.205 e. The van der Waals surface area contributed by atoms with Gasteiger partial charge < -0.3 is 0 Å². The molecule has 0 aliphatic carbocycles. The normalized spacial score (nSPS) is 19.4. The molecule has 20 heavy (non-hydrogen) atoms. The molecule has 0 bridgehead atoms. The molecule has 0 saturated heterocycles. The summed E-state index contributed by atoms with van der Waals surface area (Å²) in [4.78, 5) is 3.26. The second-order valence-corrected chi connectivity index (χ2v) is 8.84. The maximum atomic E-state index is 12.0. The van der Waals surface area contributed by atoms with Gasteiger partial charge >= 0.3 is 0 Å². The number of hydrogen-bond donors (Lipinski definition) is 0. The fourth-order valence-corrected chi connectivity index (χ4v) is 4.88. The number of nitrogens with zero attached hydrogens (tertiary/aromatic N) is 2. The van der Waals surface area contributed by atoms with Crippen LogP contribution in [0.4, 0.5) is 0 Å². The molecular formula is C13H14N2O2S3. The predicted molar refractivity (Wildman–Crippen MR) is 84.0 cm³/mol. The Morgan fingerprint density at radius 2 is 2.15 bits per heavy atom. The van der Waals surface area contributed by atoms with Crippen molar-refractivity contribution in [2.45, 2.75) is 19.4 Å². The Morgan fingerprint density at radius 3 is 2.70 bits per heavy atom. The molecular weight excluding hydrogens is 312 g/mol. The highest BCUT2D eigenvalue weighted by atomic mass is 32.2. The summed E-state index contributed by atoms with van der Waals surface area (Å²) in [6.07, 6.45) is 1.84. The number of aryl methyl sites for hydroxylation is 1. The Morgan fingerprint density at radius 1 is 1.35 bits per heavy atom. The van der Waals surface area contributed by atoms with Crippen molar-refractivity contribution in [1.29, 1.82) is 0 Å². The van der Waals surface area contributed by atoms with E-state index in [1.54, 1.807) is 22.7 Å². The molecule has 7 heteroatoms. The summed E-state index contributed by atoms with van der Waals surface area (Å²) in [5.41, 5.74) is 0.849. The van der Waals surface area contributed by atoms with E-state index in [1.165, 1.54) is 15.5 Å². The van der Waals surface area contributed by atoms with Crippen LogP contribution in [0.1, 0.15) is 27.1 Å². The van der Waals surface area contributed by atoms with Crippen molar-refractivity contribution in [2.75, 3.05) is 6.26 Å². The van der Waals surface area contributed by atoms with E-state index >= 15 is 0 Å². The lowest BCUT2D eigenvalue weighted by atomic mass is 10.1. The maximum absolute atomic E-state index is 12.0. The molecule has 0 aromatic carbocycles. The summed E-state index contributed by atoms with van der Waals surface area (Å²) >= 11 is 3.21. The van der Waals surface area contributed by atoms with Crippen LogP contribution in [0.15, 0.2) is 34.7 Å². The lowest BCUT2D eigenvalue weighted by molar-refractivity contribution is 0.379. The van der Waals surface area contributed by atoms with Gasteiger partial charge in [0, 0.05) is 16.2 Å². The quantitative estimate of drug-likeness (QED) is 0.869. The molecule has 0 saturated carbocycles. The van der Waals surface area contributed by atoms with Crippen molar-refractivity contribution < 1.29 is 8.42 Å². The molecule has 3 rings (SSSR count). The number of rotatable bonds is 3. The first-order valence-electron chi connectivity index (χ1n) is 6.12. The highest BCUT2D eigenvalue weighted by Gasteiger charge is 2.35. The lowest BCUT2D eigenvalue weighted by Crippen LogP contribution is -2.25. The van der Waals surface area contributed by atoms with Crippen molar-refractivity contribution in [3.8, 4) is 0 Å². The minimum atomic E-state index is -3.36. The van der Waals surface area contributed by atoms with E-state index in [0.717, 1.165) is 15.5 Å². The molecule has 4 nitrogen and oxygen atoms in total. The van der Waals surface area contributed by atoms with Gasteiger partial charge in [-0.25, -0.2) is 8.42 Å². The van der Waals surface area contributed by atoms with Gasteiger partial charge in [-0.2, -0.15) is 9.52 Å². The second-order valence-electron chi connectivity index (χ2n) is 4.73. The molecule has 2 aromatic rings. The summed E-state index contributed by atoms with van der Waals surface area (Å²) in [6.45, 7) is 2.02. The average Bonchev–Trinajstić information content (AvgIpc) is 3.06. The number of sulfonamides is 1. The Hall–Kier alpha value is -1.18. The largest absolute Gasteiger partial charge is 0.247 e. The van der Waals surface area contributed by atoms with Crippen LogP contribution in [0.25, 0.3) is 0 Å². The monoisotopic (exact) mass is 326 g/mol. The molecule has 0 unspecified atom stereocenters. The zero-order chi connectivity index (χ0) is 14.3. The van der Waals surface area contributed by atoms with Crippen LogP contribution in [0.5, 0.6) is 0 Å². The lowest BCUT2D eigenvalue weighted by Gasteiger charge is -2.19. The van der Waals surface area contributed by atoms with E-state index in [0.29, 0.717) is 6.42 Å². The van der Waals surface area contributed by atoms with Crippen molar-refractivity contribution >= 4 is 38.4 Å². The van der Waals surface area contributed by atoms with Crippen molar-refractivity contribution in [1.82, 2.24) is 4.41 Å². The number of hydrazone groups is 1. The van der Waals surface area contributed by atoms with Gasteiger partial charge in [-0.1, -0.05) is 6.07 Å². The van der Waals surface area contributed by atoms with E-state index < -0.39 is 10.0 Å². The van der Waals surface area contributed by atoms with E-state index in [-0.39, 0.29) is 6.04 Å². The maximum Gasteiger partial charge on any atom is 0.247 e. The van der Waals surface area contributed by atoms with Crippen LogP contribution in [0.2, 0.25) is 0 Å². The van der Waals surface area contributed by atoms with Crippen molar-refractivity contribution in [3.05, 3.63) is 44.3 Å². The van der Waals surface area contributed by atoms with Crippen LogP contribution in [-0.4, -0.2) is 24.8 Å². The molecule has 2 aromatic heterocycles. The second kappa shape index (κ2) is 4.98. The van der Waals surface area contributed by atoms with Crippen LogP contribution < -0.4 is 0 Å². The third-order valence-electron chi connectivity index (χ3n) is 3.11. The zero-order valence-corrected chi connectivity index (χ0v) is 13.6. The summed E-state index contributed by atoms with van der Waals surface area (Å²) in [7, 11) is -3.36. The van der Waals surface area contributed by atoms with Gasteiger partial charge in [0.25, 0.3) is 0 Å². The fourth-order valence-electron chi connectivity index (χ4n) is 2.23. The third kappa shape index (κ3) is 2.53. The van der Waals surface area contributed by atoms with Gasteiger partial charge in [0.2, 0.25) is 10.0 Å². The molecule has 106 valence electrons. The van der Waals surface area contributed by atoms with Gasteiger partial charge in [0.15, 0.2) is 0 Å². The van der Waals surface area contributed by atoms with Gasteiger partial charge in [-0.3, -0.25) is 0 Å². The van der Waals surface area contributed by atoms with Crippen LogP contribution in [-0.2, 0) is 10.0 Å². The topological polar surface area (TPSA) is 49.7 Å². The van der Waals surface area contributed by atoms with Crippen LogP contribution >= 0.6 is 22.7 Å². The van der Waals surface area contributed by atoms with E-state index in [4.69, 9.17) is 0 Å². The standard InChI is InChI=1S/C13H14N2O2S3/c1-9-5-6-13(19-9)11-8-10(12-4-3-7-18-12)14-15(11)20(2,16)17/h3-7,11H,8H2,1-2H3/t11-/m1/s1. The zero-order valence-electron chi connectivity index (χ0n) is 11.1. The highest BCUT2D eigenvalue weighted by molar-refractivity contribution is 7.88. The average molecular weight is 326 g/mol. The first kappa shape index (κ1) is 13.8. The van der Waals surface area contributed by atoms with Gasteiger partial charge in [-0.05, 0) is 30.5 Å². The Bertz CT molecular complexity index is 744. The molecule has 0 fully saturated rings. The summed E-state index contributed by atoms with van der Waals surface area (Å²) < 4.78 is 25.2. The molecule has 0 spiro atoms. The van der Waals surface area contributed by atoms with Gasteiger partial charge in [0.05, 0.1) is 16.8 Å². The molecule has 0 N–H and O–H groups in total. The Labute approximate surface area is 126 Å². The molecule has 1 aliphatic rings. The number of hydrogen-bond acceptors (Lipinski definition) is 5. The summed E-state index contributed by atoms with van der Waals surface area (Å²) in [6, 6.07) is 7.74. The molecule has 3 heterocycles. The highest BCUT2D eigenvalue weighted by Crippen LogP contribution is 2.38. The fraction of sp³-hybridized carbons (Fsp3) is 0.308. The molecule has 0 amide bonds. The van der Waals surface area contributed by atoms with Gasteiger partial charge in [-0.15, -0.1) is 22.7 Å². The van der Waals surface area contributed by atoms with Gasteiger partial charge in [0.1, 0.15) is 6.04 Å². The van der Waals surface area contributed by atoms with Crippen LogP contribution in [0, 0.1) is 6.92 Å². The molecule has 0 radical (unpaired) electrons. The van der Waals surface area contributed by atoms with Crippen molar-refractivity contribution in [2.24, 2.45) is 5.10 Å². The Kier molecular flexibility index (Phi) is 3.43. The van der Waals surface area contributed by atoms with E-state index in [1.807, 2.05) is 36.6 Å². The predicted octanol–water partition coefficient (Wildman–Crippen LogP) is 3.23. The SMILES string of the molecule is Cc1ccc([C@H]2CC(c3cccs3)=NN2S(C)(=O)=O)s1. The molecule has 1 aliphatic heterocycles. The Balaban J connectivity index is 2.00. The third-order valence-corrected chi connectivity index (χ3v) is 6.14. The summed E-state index contributed by atoms with van der Waals surface area (Å²) in [5.74, 6) is 0. The minimum absolute atomic E-state index is 0.208. The number of thiophene rings is 2. The van der Waals surface area contributed by atoms with Crippen molar-refractivity contribution in [3.63, 3.8) is 0 Å². The first-order valence-corrected chi connectivity index (χ1v) is 9.66. The van der Waals surface area contributed by atoms with Crippen LogP contribution in [0.3, 0.4) is 0 Å². The van der Waals surface area contributed by atoms with E-state index in [2.05, 4.69) is 5.10 Å². The summed E-state index contributed by atoms with van der Waals surface area (Å²) in [5, 5.41) is 6.33. The first-order chi connectivity index (χ1) is 9.45.